The van der Waals surface area contributed by atoms with E-state index >= 15 is 0 Å². The van der Waals surface area contributed by atoms with Gasteiger partial charge in [0, 0.05) is 35.7 Å². The van der Waals surface area contributed by atoms with Crippen LogP contribution in [0.15, 0.2) is 48.6 Å². The summed E-state index contributed by atoms with van der Waals surface area (Å²) in [7, 11) is -3.99. The Bertz CT molecular complexity index is 1570. The Kier molecular flexibility index (Phi) is 8.65. The van der Waals surface area contributed by atoms with Gasteiger partial charge in [0.2, 0.25) is 10.0 Å². The van der Waals surface area contributed by atoms with Gasteiger partial charge in [0.1, 0.15) is 5.75 Å². The van der Waals surface area contributed by atoms with Gasteiger partial charge in [0.15, 0.2) is 0 Å². The molecule has 242 valence electrons. The van der Waals surface area contributed by atoms with E-state index < -0.39 is 27.3 Å². The first-order valence-electron chi connectivity index (χ1n) is 16.5. The molecule has 45 heavy (non-hydrogen) atoms. The minimum Gasteiger partial charge on any atom is -0.490 e. The van der Waals surface area contributed by atoms with Gasteiger partial charge in [-0.15, -0.1) is 0 Å². The molecule has 1 saturated carbocycles. The number of anilines is 1. The quantitative estimate of drug-likeness (QED) is 0.410. The van der Waals surface area contributed by atoms with Crippen LogP contribution < -0.4 is 14.4 Å². The molecule has 7 rings (SSSR count). The van der Waals surface area contributed by atoms with Crippen LogP contribution >= 0.6 is 11.6 Å². The number of aliphatic hydroxyl groups excluding tert-OH is 1. The molecule has 3 heterocycles. The number of sulfonamides is 1. The molecule has 2 fully saturated rings. The molecule has 2 aliphatic carbocycles. The van der Waals surface area contributed by atoms with Crippen molar-refractivity contribution in [1.29, 1.82) is 0 Å². The van der Waals surface area contributed by atoms with Crippen LogP contribution in [0.1, 0.15) is 79.3 Å². The zero-order valence-electron chi connectivity index (χ0n) is 25.6. The molecule has 1 amide bonds. The van der Waals surface area contributed by atoms with Crippen LogP contribution in [-0.2, 0) is 26.6 Å². The SMILES string of the molecule is O=C1NS(=O)(=O)[C@H](C[C@@H]2CCCO2)CC/C=C\[C@H](O)[C@@H]2CC[C@H]2CN2C[C@@]3(CCCc4cc(Cl)ccc43)COc3ccc1cc32. The average Bonchev–Trinajstić information content (AvgIpc) is 3.46. The number of aliphatic hydroxyl groups is 1. The third kappa shape index (κ3) is 6.25. The maximum absolute atomic E-state index is 13.6. The average molecular weight is 655 g/mol. The number of nitrogens with one attached hydrogen (secondary N) is 1. The number of carbonyl (C=O) groups excluding carboxylic acids is 1. The van der Waals surface area contributed by atoms with Crippen LogP contribution in [-0.4, -0.2) is 63.2 Å². The lowest BCUT2D eigenvalue weighted by Crippen LogP contribution is -2.49. The van der Waals surface area contributed by atoms with Crippen LogP contribution in [0.2, 0.25) is 5.02 Å². The van der Waals surface area contributed by atoms with Crippen molar-refractivity contribution in [3.63, 3.8) is 0 Å². The summed E-state index contributed by atoms with van der Waals surface area (Å²) >= 11 is 6.41. The Morgan fingerprint density at radius 1 is 1.09 bits per heavy atom. The second-order valence-corrected chi connectivity index (χ2v) is 16.2. The Hall–Kier alpha value is -2.59. The monoisotopic (exact) mass is 654 g/mol. The molecule has 1 spiro atoms. The third-order valence-electron chi connectivity index (χ3n) is 10.9. The second-order valence-electron chi connectivity index (χ2n) is 13.8. The summed E-state index contributed by atoms with van der Waals surface area (Å²) in [5.41, 5.74) is 3.31. The summed E-state index contributed by atoms with van der Waals surface area (Å²) in [6.45, 7) is 2.53. The molecule has 8 nitrogen and oxygen atoms in total. The molecule has 0 aromatic heterocycles. The molecule has 6 atom stereocenters. The number of rotatable bonds is 2. The van der Waals surface area contributed by atoms with Gasteiger partial charge in [-0.2, -0.15) is 0 Å². The number of halogens is 1. The number of ether oxygens (including phenoxy) is 2. The van der Waals surface area contributed by atoms with Crippen LogP contribution in [0.3, 0.4) is 0 Å². The number of carbonyl (C=O) groups is 1. The lowest BCUT2D eigenvalue weighted by molar-refractivity contribution is 0.0456. The Morgan fingerprint density at radius 3 is 2.78 bits per heavy atom. The van der Waals surface area contributed by atoms with Gasteiger partial charge in [-0.1, -0.05) is 29.8 Å². The molecule has 10 heteroatoms. The number of fused-ring (bicyclic) bond motifs is 4. The maximum atomic E-state index is 13.6. The lowest BCUT2D eigenvalue weighted by Gasteiger charge is -2.45. The van der Waals surface area contributed by atoms with Gasteiger partial charge in [0.25, 0.3) is 5.91 Å². The first-order chi connectivity index (χ1) is 21.7. The molecule has 0 unspecified atom stereocenters. The first kappa shape index (κ1) is 31.0. The van der Waals surface area contributed by atoms with E-state index in [1.807, 2.05) is 18.2 Å². The zero-order chi connectivity index (χ0) is 31.2. The molecular weight excluding hydrogens is 612 g/mol. The van der Waals surface area contributed by atoms with Gasteiger partial charge in [-0.05, 0) is 118 Å². The number of nitrogens with zero attached hydrogens (tertiary/aromatic N) is 1. The minimum atomic E-state index is -3.99. The van der Waals surface area contributed by atoms with Crippen molar-refractivity contribution in [3.8, 4) is 5.75 Å². The number of aryl methyl sites for hydroxylation is 1. The normalized spacial score (nSPS) is 33.6. The van der Waals surface area contributed by atoms with E-state index in [-0.39, 0.29) is 28.9 Å². The highest BCUT2D eigenvalue weighted by atomic mass is 35.5. The standard InChI is InChI=1S/C35H43ClN2O6S/c36-26-11-13-30-23(17-26)5-3-15-35(30)21-38-20-25-9-12-29(25)32(39)8-2-1-7-28(19-27-6-4-16-43-27)45(41,42)37-34(40)24-10-14-33(44-22-35)31(38)18-24/h2,8,10-11,13-14,17-18,25,27-29,32,39H,1,3-7,9,12,15-16,19-22H2,(H,37,40)/b8-2-/t25-,27-,28-,29+,32-,35-/m0/s1. The molecular formula is C35H43ClN2O6S. The van der Waals surface area contributed by atoms with Crippen molar-refractivity contribution in [2.75, 3.05) is 31.2 Å². The number of amides is 1. The highest BCUT2D eigenvalue weighted by Crippen LogP contribution is 2.46. The van der Waals surface area contributed by atoms with Gasteiger partial charge in [-0.3, -0.25) is 4.79 Å². The summed E-state index contributed by atoms with van der Waals surface area (Å²) in [6, 6.07) is 11.4. The fourth-order valence-electron chi connectivity index (χ4n) is 8.26. The van der Waals surface area contributed by atoms with Crippen molar-refractivity contribution < 1.29 is 27.8 Å². The van der Waals surface area contributed by atoms with Crippen LogP contribution in [0.5, 0.6) is 5.75 Å². The van der Waals surface area contributed by atoms with Gasteiger partial charge >= 0.3 is 0 Å². The molecule has 2 aromatic rings. The highest BCUT2D eigenvalue weighted by Gasteiger charge is 2.44. The molecule has 0 radical (unpaired) electrons. The largest absolute Gasteiger partial charge is 0.490 e. The number of allylic oxidation sites excluding steroid dienone is 1. The minimum absolute atomic E-state index is 0.119. The Labute approximate surface area is 271 Å². The van der Waals surface area contributed by atoms with E-state index in [0.717, 1.165) is 55.7 Å². The number of benzene rings is 2. The third-order valence-corrected chi connectivity index (χ3v) is 12.9. The molecule has 2 bridgehead atoms. The molecule has 5 aliphatic rings. The van der Waals surface area contributed by atoms with Crippen molar-refractivity contribution in [2.45, 2.75) is 87.1 Å². The summed E-state index contributed by atoms with van der Waals surface area (Å²) < 4.78 is 42.0. The summed E-state index contributed by atoms with van der Waals surface area (Å²) in [5, 5.41) is 11.2. The van der Waals surface area contributed by atoms with Crippen molar-refractivity contribution in [3.05, 3.63) is 70.3 Å². The number of hydrogen-bond acceptors (Lipinski definition) is 7. The van der Waals surface area contributed by atoms with Crippen LogP contribution in [0, 0.1) is 11.8 Å². The highest BCUT2D eigenvalue weighted by molar-refractivity contribution is 7.90. The van der Waals surface area contributed by atoms with E-state index in [9.17, 15) is 18.3 Å². The van der Waals surface area contributed by atoms with Crippen molar-refractivity contribution in [1.82, 2.24) is 4.72 Å². The predicted molar refractivity (Wildman–Crippen MR) is 175 cm³/mol. The molecule has 3 aliphatic heterocycles. The van der Waals surface area contributed by atoms with Gasteiger partial charge in [-0.25, -0.2) is 13.1 Å². The number of hydrogen-bond donors (Lipinski definition) is 2. The van der Waals surface area contributed by atoms with E-state index in [1.54, 1.807) is 18.2 Å². The molecule has 2 aromatic carbocycles. The van der Waals surface area contributed by atoms with Crippen LogP contribution in [0.25, 0.3) is 0 Å². The van der Waals surface area contributed by atoms with Crippen molar-refractivity contribution in [2.24, 2.45) is 11.8 Å². The first-order valence-corrected chi connectivity index (χ1v) is 18.5. The van der Waals surface area contributed by atoms with E-state index in [0.29, 0.717) is 51.3 Å². The molecule has 2 N–H and O–H groups in total. The van der Waals surface area contributed by atoms with Gasteiger partial charge < -0.3 is 19.5 Å². The fourth-order valence-corrected chi connectivity index (χ4v) is 9.92. The fraction of sp³-hybridized carbons (Fsp3) is 0.571. The smallest absolute Gasteiger partial charge is 0.264 e. The Balaban J connectivity index is 1.26. The van der Waals surface area contributed by atoms with E-state index in [2.05, 4.69) is 21.8 Å². The predicted octanol–water partition coefficient (Wildman–Crippen LogP) is 5.55. The maximum Gasteiger partial charge on any atom is 0.264 e. The van der Waals surface area contributed by atoms with Crippen molar-refractivity contribution >= 4 is 33.2 Å². The zero-order valence-corrected chi connectivity index (χ0v) is 27.2. The lowest BCUT2D eigenvalue weighted by atomic mass is 9.68. The Morgan fingerprint density at radius 2 is 1.98 bits per heavy atom. The van der Waals surface area contributed by atoms with Gasteiger partial charge in [0.05, 0.1) is 29.8 Å². The molecule has 1 saturated heterocycles. The van der Waals surface area contributed by atoms with E-state index in [1.165, 1.54) is 11.1 Å². The second kappa shape index (κ2) is 12.5. The summed E-state index contributed by atoms with van der Waals surface area (Å²) in [6.07, 6.45) is 10.8. The summed E-state index contributed by atoms with van der Waals surface area (Å²) in [4.78, 5) is 15.9. The van der Waals surface area contributed by atoms with Crippen LogP contribution in [0.4, 0.5) is 5.69 Å². The topological polar surface area (TPSA) is 105 Å². The van der Waals surface area contributed by atoms with E-state index in [4.69, 9.17) is 21.1 Å². The summed E-state index contributed by atoms with van der Waals surface area (Å²) in [5.74, 6) is 0.444.